The van der Waals surface area contributed by atoms with Crippen LogP contribution in [0.1, 0.15) is 13.8 Å². The van der Waals surface area contributed by atoms with Gasteiger partial charge in [-0.15, -0.1) is 0 Å². The number of hydrogen-bond acceptors (Lipinski definition) is 7. The number of ether oxygens (including phenoxy) is 2. The van der Waals surface area contributed by atoms with E-state index in [1.165, 1.54) is 0 Å². The molecule has 2 N–H and O–H groups in total. The van der Waals surface area contributed by atoms with E-state index in [4.69, 9.17) is 26.7 Å². The SMILES string of the molecule is CC.S=c1[nH]nc(-c2cccc(N3CCNCC3)n2)n1-c1ccc2c(c1)OCO2. The topological polar surface area (TPSA) is 80.2 Å². The van der Waals surface area contributed by atoms with Crippen LogP contribution in [-0.4, -0.2) is 52.7 Å². The van der Waals surface area contributed by atoms with Crippen LogP contribution < -0.4 is 19.7 Å². The number of fused-ring (bicyclic) bond motifs is 1. The van der Waals surface area contributed by atoms with Gasteiger partial charge in [-0.3, -0.25) is 9.67 Å². The molecule has 1 fully saturated rings. The van der Waals surface area contributed by atoms with E-state index in [0.29, 0.717) is 16.3 Å². The van der Waals surface area contributed by atoms with Crippen molar-refractivity contribution in [2.45, 2.75) is 13.8 Å². The zero-order chi connectivity index (χ0) is 20.2. The Morgan fingerprint density at radius 1 is 1.03 bits per heavy atom. The number of anilines is 1. The largest absolute Gasteiger partial charge is 0.454 e. The maximum absolute atomic E-state index is 5.49. The number of H-pyrrole nitrogens is 1. The van der Waals surface area contributed by atoms with Crippen molar-refractivity contribution in [2.75, 3.05) is 37.9 Å². The molecule has 0 amide bonds. The zero-order valence-electron chi connectivity index (χ0n) is 16.5. The van der Waals surface area contributed by atoms with Gasteiger partial charge in [0, 0.05) is 32.2 Å². The predicted octanol–water partition coefficient (Wildman–Crippen LogP) is 3.16. The molecule has 2 aromatic heterocycles. The lowest BCUT2D eigenvalue weighted by Gasteiger charge is -2.28. The summed E-state index contributed by atoms with van der Waals surface area (Å²) in [7, 11) is 0. The van der Waals surface area contributed by atoms with Crippen molar-refractivity contribution in [1.29, 1.82) is 0 Å². The Kier molecular flexibility index (Phi) is 5.77. The summed E-state index contributed by atoms with van der Waals surface area (Å²) in [5, 5.41) is 10.7. The Balaban J connectivity index is 0.000000994. The van der Waals surface area contributed by atoms with E-state index in [1.807, 2.05) is 54.8 Å². The molecule has 0 unspecified atom stereocenters. The number of hydrogen-bond donors (Lipinski definition) is 2. The van der Waals surface area contributed by atoms with E-state index < -0.39 is 0 Å². The van der Waals surface area contributed by atoms with Crippen molar-refractivity contribution in [3.63, 3.8) is 0 Å². The zero-order valence-corrected chi connectivity index (χ0v) is 17.3. The fourth-order valence-corrected chi connectivity index (χ4v) is 3.59. The van der Waals surface area contributed by atoms with Crippen LogP contribution in [0.3, 0.4) is 0 Å². The van der Waals surface area contributed by atoms with Gasteiger partial charge in [-0.1, -0.05) is 19.9 Å². The minimum atomic E-state index is 0.233. The Morgan fingerprint density at radius 3 is 2.66 bits per heavy atom. The molecular formula is C20H24N6O2S. The first-order valence-corrected chi connectivity index (χ1v) is 10.2. The van der Waals surface area contributed by atoms with Crippen molar-refractivity contribution < 1.29 is 9.47 Å². The summed E-state index contributed by atoms with van der Waals surface area (Å²) in [4.78, 5) is 7.10. The Labute approximate surface area is 174 Å². The molecule has 1 aromatic carbocycles. The maximum Gasteiger partial charge on any atom is 0.231 e. The van der Waals surface area contributed by atoms with E-state index in [9.17, 15) is 0 Å². The number of nitrogens with zero attached hydrogens (tertiary/aromatic N) is 4. The summed E-state index contributed by atoms with van der Waals surface area (Å²) in [5.41, 5.74) is 1.61. The van der Waals surface area contributed by atoms with Gasteiger partial charge in [0.15, 0.2) is 22.1 Å². The lowest BCUT2D eigenvalue weighted by Crippen LogP contribution is -2.43. The number of pyridine rings is 1. The van der Waals surface area contributed by atoms with Gasteiger partial charge in [-0.2, -0.15) is 5.10 Å². The van der Waals surface area contributed by atoms with Crippen LogP contribution >= 0.6 is 12.2 Å². The first-order chi connectivity index (χ1) is 14.3. The van der Waals surface area contributed by atoms with Gasteiger partial charge in [0.2, 0.25) is 6.79 Å². The maximum atomic E-state index is 5.49. The third-order valence-electron chi connectivity index (χ3n) is 4.69. The van der Waals surface area contributed by atoms with Gasteiger partial charge in [0.25, 0.3) is 0 Å². The monoisotopic (exact) mass is 412 g/mol. The van der Waals surface area contributed by atoms with E-state index >= 15 is 0 Å². The van der Waals surface area contributed by atoms with Crippen LogP contribution in [0.5, 0.6) is 11.5 Å². The lowest BCUT2D eigenvalue weighted by atomic mass is 10.2. The van der Waals surface area contributed by atoms with E-state index in [0.717, 1.165) is 49.1 Å². The summed E-state index contributed by atoms with van der Waals surface area (Å²) in [6.07, 6.45) is 0. The molecule has 0 aliphatic carbocycles. The molecule has 3 aromatic rings. The normalized spacial score (nSPS) is 15.0. The second-order valence-corrected chi connectivity index (χ2v) is 6.73. The van der Waals surface area contributed by atoms with Gasteiger partial charge >= 0.3 is 0 Å². The number of piperazine rings is 1. The van der Waals surface area contributed by atoms with Crippen LogP contribution in [0.4, 0.5) is 5.82 Å². The van der Waals surface area contributed by atoms with E-state index in [2.05, 4.69) is 20.4 Å². The lowest BCUT2D eigenvalue weighted by molar-refractivity contribution is 0.174. The van der Waals surface area contributed by atoms with Crippen molar-refractivity contribution >= 4 is 18.0 Å². The molecule has 152 valence electrons. The third kappa shape index (κ3) is 3.83. The first-order valence-electron chi connectivity index (χ1n) is 9.80. The van der Waals surface area contributed by atoms with Crippen LogP contribution in [0.25, 0.3) is 17.2 Å². The van der Waals surface area contributed by atoms with Crippen LogP contribution in [-0.2, 0) is 0 Å². The first kappa shape index (κ1) is 19.4. The number of rotatable bonds is 3. The Bertz CT molecular complexity index is 1040. The number of benzene rings is 1. The minimum Gasteiger partial charge on any atom is -0.454 e. The minimum absolute atomic E-state index is 0.233. The second-order valence-electron chi connectivity index (χ2n) is 6.34. The van der Waals surface area contributed by atoms with Crippen LogP contribution in [0.2, 0.25) is 0 Å². The fourth-order valence-electron chi connectivity index (χ4n) is 3.35. The molecule has 0 spiro atoms. The molecule has 0 bridgehead atoms. The summed E-state index contributed by atoms with van der Waals surface area (Å²) >= 11 is 5.47. The summed E-state index contributed by atoms with van der Waals surface area (Å²) in [6.45, 7) is 8.03. The van der Waals surface area contributed by atoms with Gasteiger partial charge in [-0.05, 0) is 36.5 Å². The average molecular weight is 413 g/mol. The molecule has 4 heterocycles. The number of aromatic nitrogens is 4. The molecule has 2 aliphatic heterocycles. The van der Waals surface area contributed by atoms with Crippen LogP contribution in [0, 0.1) is 4.77 Å². The second kappa shape index (κ2) is 8.62. The molecule has 8 nitrogen and oxygen atoms in total. The molecule has 0 saturated carbocycles. The molecule has 2 aliphatic rings. The summed E-state index contributed by atoms with van der Waals surface area (Å²) in [5.74, 6) is 3.04. The van der Waals surface area contributed by atoms with Crippen molar-refractivity contribution in [2.24, 2.45) is 0 Å². The highest BCUT2D eigenvalue weighted by Gasteiger charge is 2.19. The van der Waals surface area contributed by atoms with Crippen LogP contribution in [0.15, 0.2) is 36.4 Å². The van der Waals surface area contributed by atoms with Crippen molar-refractivity contribution in [1.82, 2.24) is 25.1 Å². The average Bonchev–Trinajstić information content (AvgIpc) is 3.41. The highest BCUT2D eigenvalue weighted by molar-refractivity contribution is 7.71. The molecule has 5 rings (SSSR count). The summed E-state index contributed by atoms with van der Waals surface area (Å²) < 4.78 is 13.2. The predicted molar refractivity (Wildman–Crippen MR) is 115 cm³/mol. The third-order valence-corrected chi connectivity index (χ3v) is 4.97. The Hall–Kier alpha value is -2.91. The molecule has 29 heavy (non-hydrogen) atoms. The standard InChI is InChI=1S/C18H18N6O2S.C2H6/c27-18-22-21-17(24(18)12-4-5-14-15(10-12)26-11-25-14)13-2-1-3-16(20-13)23-8-6-19-7-9-23;1-2/h1-5,10,19H,6-9,11H2,(H,22,27);1-2H3. The number of aromatic amines is 1. The highest BCUT2D eigenvalue weighted by atomic mass is 32.1. The Morgan fingerprint density at radius 2 is 1.83 bits per heavy atom. The highest BCUT2D eigenvalue weighted by Crippen LogP contribution is 2.34. The van der Waals surface area contributed by atoms with E-state index in [1.54, 1.807) is 0 Å². The summed E-state index contributed by atoms with van der Waals surface area (Å²) in [6, 6.07) is 11.7. The molecule has 0 radical (unpaired) electrons. The molecule has 1 saturated heterocycles. The smallest absolute Gasteiger partial charge is 0.231 e. The van der Waals surface area contributed by atoms with Gasteiger partial charge < -0.3 is 19.7 Å². The van der Waals surface area contributed by atoms with Gasteiger partial charge in [0.1, 0.15) is 11.5 Å². The van der Waals surface area contributed by atoms with Gasteiger partial charge in [0.05, 0.1) is 5.69 Å². The fraction of sp³-hybridized carbons (Fsp3) is 0.350. The number of nitrogens with one attached hydrogen (secondary N) is 2. The van der Waals surface area contributed by atoms with Crippen molar-refractivity contribution in [3.05, 3.63) is 41.2 Å². The van der Waals surface area contributed by atoms with Crippen molar-refractivity contribution in [3.8, 4) is 28.7 Å². The molecule has 0 atom stereocenters. The van der Waals surface area contributed by atoms with Gasteiger partial charge in [-0.25, -0.2) is 4.98 Å². The quantitative estimate of drug-likeness (QED) is 0.640. The molecule has 9 heteroatoms. The van der Waals surface area contributed by atoms with E-state index in [-0.39, 0.29) is 6.79 Å². The molecular weight excluding hydrogens is 388 g/mol.